The Labute approximate surface area is 174 Å². The van der Waals surface area contributed by atoms with Gasteiger partial charge in [-0.25, -0.2) is 13.4 Å². The Balaban J connectivity index is 1.84. The van der Waals surface area contributed by atoms with Gasteiger partial charge >= 0.3 is 5.97 Å². The average Bonchev–Trinajstić information content (AvgIpc) is 2.71. The molecule has 3 rings (SSSR count). The number of anilines is 1. The Hall–Kier alpha value is -3.07. The first-order valence-corrected chi connectivity index (χ1v) is 11.1. The molecular formula is C21H22N2O6S. The SMILES string of the molecule is CC(CCCc1ccccc1)S(=O)(=O)C1C(=O)c2cccnc2N(CC(=O)O)C1=O. The highest BCUT2D eigenvalue weighted by Crippen LogP contribution is 2.30. The average molecular weight is 430 g/mol. The second-order valence-corrected chi connectivity index (χ2v) is 9.67. The minimum absolute atomic E-state index is 0.0663. The van der Waals surface area contributed by atoms with Crippen LogP contribution in [0.2, 0.25) is 0 Å². The third-order valence-corrected chi connectivity index (χ3v) is 7.57. The predicted molar refractivity (Wildman–Crippen MR) is 110 cm³/mol. The second kappa shape index (κ2) is 8.74. The lowest BCUT2D eigenvalue weighted by Gasteiger charge is -2.32. The highest BCUT2D eigenvalue weighted by Gasteiger charge is 2.49. The van der Waals surface area contributed by atoms with E-state index >= 15 is 0 Å². The summed E-state index contributed by atoms with van der Waals surface area (Å²) in [5.74, 6) is -3.39. The zero-order chi connectivity index (χ0) is 21.9. The fourth-order valence-corrected chi connectivity index (χ4v) is 5.31. The number of aryl methyl sites for hydroxylation is 1. The number of amides is 1. The molecule has 2 aromatic rings. The van der Waals surface area contributed by atoms with Gasteiger partial charge in [-0.2, -0.15) is 0 Å². The molecule has 9 heteroatoms. The van der Waals surface area contributed by atoms with Crippen LogP contribution in [0.1, 0.15) is 35.7 Å². The van der Waals surface area contributed by atoms with Crippen molar-refractivity contribution in [2.24, 2.45) is 0 Å². The molecule has 2 atom stereocenters. The van der Waals surface area contributed by atoms with Gasteiger partial charge in [-0.15, -0.1) is 0 Å². The summed E-state index contributed by atoms with van der Waals surface area (Å²) in [5, 5.41) is 6.24. The second-order valence-electron chi connectivity index (χ2n) is 7.21. The van der Waals surface area contributed by atoms with E-state index in [-0.39, 0.29) is 17.8 Å². The van der Waals surface area contributed by atoms with E-state index in [1.807, 2.05) is 30.3 Å². The highest BCUT2D eigenvalue weighted by atomic mass is 32.2. The van der Waals surface area contributed by atoms with Crippen molar-refractivity contribution >= 4 is 33.3 Å². The summed E-state index contributed by atoms with van der Waals surface area (Å²) in [6.45, 7) is 0.700. The number of sulfone groups is 1. The molecule has 0 spiro atoms. The number of ketones is 1. The number of aliphatic carboxylic acids is 1. The van der Waals surface area contributed by atoms with Crippen LogP contribution in [0.5, 0.6) is 0 Å². The number of Topliss-reactive ketones (excluding diaryl/α,β-unsaturated/α-hetero) is 1. The molecule has 0 aliphatic carbocycles. The molecule has 1 N–H and O–H groups in total. The Kier molecular flexibility index (Phi) is 6.31. The lowest BCUT2D eigenvalue weighted by Crippen LogP contribution is -2.55. The third kappa shape index (κ3) is 4.25. The van der Waals surface area contributed by atoms with Gasteiger partial charge in [0.05, 0.1) is 10.8 Å². The highest BCUT2D eigenvalue weighted by molar-refractivity contribution is 7.94. The molecule has 1 aromatic heterocycles. The molecule has 158 valence electrons. The van der Waals surface area contributed by atoms with Gasteiger partial charge < -0.3 is 5.11 Å². The zero-order valence-electron chi connectivity index (χ0n) is 16.4. The number of benzene rings is 1. The lowest BCUT2D eigenvalue weighted by molar-refractivity contribution is -0.136. The summed E-state index contributed by atoms with van der Waals surface area (Å²) >= 11 is 0. The maximum Gasteiger partial charge on any atom is 0.323 e. The number of rotatable bonds is 8. The number of carbonyl (C=O) groups excluding carboxylic acids is 2. The maximum absolute atomic E-state index is 13.2. The summed E-state index contributed by atoms with van der Waals surface area (Å²) in [6.07, 6.45) is 2.82. The molecule has 30 heavy (non-hydrogen) atoms. The van der Waals surface area contributed by atoms with E-state index in [9.17, 15) is 22.8 Å². The molecule has 1 amide bonds. The van der Waals surface area contributed by atoms with Gasteiger partial charge in [-0.3, -0.25) is 19.3 Å². The molecule has 0 radical (unpaired) electrons. The van der Waals surface area contributed by atoms with E-state index in [1.54, 1.807) is 0 Å². The molecule has 1 aliphatic heterocycles. The van der Waals surface area contributed by atoms with Crippen LogP contribution in [0.3, 0.4) is 0 Å². The normalized spacial score (nSPS) is 17.5. The van der Waals surface area contributed by atoms with Crippen molar-refractivity contribution in [1.29, 1.82) is 0 Å². The Morgan fingerprint density at radius 2 is 1.87 bits per heavy atom. The summed E-state index contributed by atoms with van der Waals surface area (Å²) in [7, 11) is -4.19. The van der Waals surface area contributed by atoms with Crippen molar-refractivity contribution in [3.05, 3.63) is 59.8 Å². The number of carbonyl (C=O) groups is 3. The first-order chi connectivity index (χ1) is 14.2. The van der Waals surface area contributed by atoms with Crippen molar-refractivity contribution in [2.75, 3.05) is 11.4 Å². The van der Waals surface area contributed by atoms with Crippen LogP contribution in [-0.4, -0.2) is 53.2 Å². The van der Waals surface area contributed by atoms with E-state index < -0.39 is 44.5 Å². The fourth-order valence-electron chi connectivity index (χ4n) is 3.52. The van der Waals surface area contributed by atoms with Gasteiger partial charge in [0.15, 0.2) is 15.6 Å². The van der Waals surface area contributed by atoms with Gasteiger partial charge in [0, 0.05) is 6.20 Å². The molecular weight excluding hydrogens is 408 g/mol. The standard InChI is InChI=1S/C21H22N2O6S/c1-14(7-5-10-15-8-3-2-4-9-15)30(28,29)19-18(26)16-11-6-12-22-20(16)23(21(19)27)13-17(24)25/h2-4,6,8-9,11-12,14,19H,5,7,10,13H2,1H3,(H,24,25). The van der Waals surface area contributed by atoms with E-state index in [2.05, 4.69) is 4.98 Å². The monoisotopic (exact) mass is 430 g/mol. The Bertz CT molecular complexity index is 1070. The predicted octanol–water partition coefficient (Wildman–Crippen LogP) is 1.89. The van der Waals surface area contributed by atoms with E-state index in [0.717, 1.165) is 10.5 Å². The summed E-state index contributed by atoms with van der Waals surface area (Å²) in [5.41, 5.74) is 1.00. The minimum atomic E-state index is -4.19. The Morgan fingerprint density at radius 1 is 1.17 bits per heavy atom. The molecule has 0 bridgehead atoms. The van der Waals surface area contributed by atoms with Crippen LogP contribution >= 0.6 is 0 Å². The third-order valence-electron chi connectivity index (χ3n) is 5.14. The number of hydrogen-bond acceptors (Lipinski definition) is 6. The van der Waals surface area contributed by atoms with Gasteiger partial charge in [0.25, 0.3) is 5.91 Å². The molecule has 8 nitrogen and oxygen atoms in total. The number of nitrogens with zero attached hydrogens (tertiary/aromatic N) is 2. The van der Waals surface area contributed by atoms with Crippen LogP contribution in [0, 0.1) is 0 Å². The van der Waals surface area contributed by atoms with E-state index in [4.69, 9.17) is 5.11 Å². The van der Waals surface area contributed by atoms with E-state index in [1.165, 1.54) is 25.3 Å². The summed E-state index contributed by atoms with van der Waals surface area (Å²) in [6, 6.07) is 12.4. The number of pyridine rings is 1. The maximum atomic E-state index is 13.2. The summed E-state index contributed by atoms with van der Waals surface area (Å²) in [4.78, 5) is 41.7. The molecule has 0 fully saturated rings. The quantitative estimate of drug-likeness (QED) is 0.635. The van der Waals surface area contributed by atoms with Crippen molar-refractivity contribution in [3.8, 4) is 0 Å². The number of aromatic nitrogens is 1. The molecule has 1 aromatic carbocycles. The first kappa shape index (κ1) is 21.6. The van der Waals surface area contributed by atoms with Gasteiger partial charge in [-0.1, -0.05) is 30.3 Å². The van der Waals surface area contributed by atoms with Gasteiger partial charge in [0.1, 0.15) is 12.4 Å². The van der Waals surface area contributed by atoms with Crippen LogP contribution in [0.4, 0.5) is 5.82 Å². The van der Waals surface area contributed by atoms with Crippen molar-refractivity contribution < 1.29 is 27.9 Å². The Morgan fingerprint density at radius 3 is 2.53 bits per heavy atom. The van der Waals surface area contributed by atoms with Crippen LogP contribution in [-0.2, 0) is 25.8 Å². The topological polar surface area (TPSA) is 122 Å². The summed E-state index contributed by atoms with van der Waals surface area (Å²) < 4.78 is 26.3. The van der Waals surface area contributed by atoms with Crippen LogP contribution in [0.15, 0.2) is 48.7 Å². The minimum Gasteiger partial charge on any atom is -0.480 e. The van der Waals surface area contributed by atoms with Crippen LogP contribution < -0.4 is 4.90 Å². The van der Waals surface area contributed by atoms with Crippen molar-refractivity contribution in [3.63, 3.8) is 0 Å². The number of carboxylic acid groups (broad SMARTS) is 1. The first-order valence-electron chi connectivity index (χ1n) is 9.52. The number of hydrogen-bond donors (Lipinski definition) is 1. The largest absolute Gasteiger partial charge is 0.480 e. The van der Waals surface area contributed by atoms with E-state index in [0.29, 0.717) is 12.8 Å². The lowest BCUT2D eigenvalue weighted by atomic mass is 10.0. The van der Waals surface area contributed by atoms with Gasteiger partial charge in [-0.05, 0) is 43.9 Å². The van der Waals surface area contributed by atoms with Crippen molar-refractivity contribution in [2.45, 2.75) is 36.7 Å². The van der Waals surface area contributed by atoms with Crippen LogP contribution in [0.25, 0.3) is 0 Å². The molecule has 2 heterocycles. The smallest absolute Gasteiger partial charge is 0.323 e. The number of carboxylic acids is 1. The fraction of sp³-hybridized carbons (Fsp3) is 0.333. The molecule has 2 unspecified atom stereocenters. The molecule has 0 saturated carbocycles. The molecule has 0 saturated heterocycles. The van der Waals surface area contributed by atoms with Gasteiger partial charge in [0.2, 0.25) is 5.25 Å². The zero-order valence-corrected chi connectivity index (χ0v) is 17.2. The molecule has 1 aliphatic rings. The van der Waals surface area contributed by atoms with Crippen molar-refractivity contribution in [1.82, 2.24) is 4.98 Å². The number of fused-ring (bicyclic) bond motifs is 1.